The number of hydrogen-bond donors (Lipinski definition) is 1. The number of carbonyl (C=O) groups excluding carboxylic acids is 1. The van der Waals surface area contributed by atoms with Crippen molar-refractivity contribution in [1.82, 2.24) is 14.9 Å². The first-order valence-corrected chi connectivity index (χ1v) is 9.18. The molecule has 3 rings (SSSR count). The third kappa shape index (κ3) is 4.19. The number of nitrogens with zero attached hydrogens (tertiary/aromatic N) is 4. The molecule has 6 heteroatoms. The van der Waals surface area contributed by atoms with Crippen LogP contribution in [0, 0.1) is 20.8 Å². The quantitative estimate of drug-likeness (QED) is 0.916. The van der Waals surface area contributed by atoms with Crippen molar-refractivity contribution < 1.29 is 4.79 Å². The number of carbonyl (C=O) groups is 1. The summed E-state index contributed by atoms with van der Waals surface area (Å²) >= 11 is 0. The van der Waals surface area contributed by atoms with Crippen molar-refractivity contribution >= 4 is 17.5 Å². The Morgan fingerprint density at radius 2 is 1.81 bits per heavy atom. The standard InChI is InChI=1S/C20H27N5O/c1-5-24-8-10-25(11-9-24)20-21-16(4)13-18(23-20)19(26)22-17-12-14(2)6-7-15(17)3/h6-7,12-13H,5,8-11H2,1-4H3,(H,22,26). The highest BCUT2D eigenvalue weighted by Crippen LogP contribution is 2.18. The van der Waals surface area contributed by atoms with Crippen molar-refractivity contribution in [3.8, 4) is 0 Å². The summed E-state index contributed by atoms with van der Waals surface area (Å²) in [4.78, 5) is 26.4. The van der Waals surface area contributed by atoms with Gasteiger partial charge in [-0.15, -0.1) is 0 Å². The molecule has 0 unspecified atom stereocenters. The Morgan fingerprint density at radius 3 is 2.50 bits per heavy atom. The van der Waals surface area contributed by atoms with Gasteiger partial charge in [0.1, 0.15) is 5.69 Å². The van der Waals surface area contributed by atoms with Gasteiger partial charge in [-0.3, -0.25) is 4.79 Å². The second-order valence-electron chi connectivity index (χ2n) is 6.89. The number of aryl methyl sites for hydroxylation is 3. The van der Waals surface area contributed by atoms with Gasteiger partial charge in [0.25, 0.3) is 5.91 Å². The minimum atomic E-state index is -0.197. The van der Waals surface area contributed by atoms with E-state index in [9.17, 15) is 4.79 Å². The van der Waals surface area contributed by atoms with Gasteiger partial charge >= 0.3 is 0 Å². The van der Waals surface area contributed by atoms with Crippen molar-refractivity contribution in [2.24, 2.45) is 0 Å². The van der Waals surface area contributed by atoms with Crippen LogP contribution in [0.15, 0.2) is 24.3 Å². The fourth-order valence-corrected chi connectivity index (χ4v) is 3.13. The van der Waals surface area contributed by atoms with Crippen molar-refractivity contribution in [2.45, 2.75) is 27.7 Å². The number of benzene rings is 1. The first-order chi connectivity index (χ1) is 12.5. The largest absolute Gasteiger partial charge is 0.338 e. The first kappa shape index (κ1) is 18.3. The smallest absolute Gasteiger partial charge is 0.274 e. The number of likely N-dealkylation sites (N-methyl/N-ethyl adjacent to an activating group) is 1. The summed E-state index contributed by atoms with van der Waals surface area (Å²) in [5.74, 6) is 0.449. The average molecular weight is 353 g/mol. The molecular weight excluding hydrogens is 326 g/mol. The first-order valence-electron chi connectivity index (χ1n) is 9.18. The highest BCUT2D eigenvalue weighted by Gasteiger charge is 2.20. The van der Waals surface area contributed by atoms with Gasteiger partial charge in [0, 0.05) is 37.6 Å². The molecule has 0 aliphatic carbocycles. The summed E-state index contributed by atoms with van der Waals surface area (Å²) < 4.78 is 0. The molecule has 0 radical (unpaired) electrons. The Balaban J connectivity index is 1.79. The Kier molecular flexibility index (Phi) is 5.52. The Hall–Kier alpha value is -2.47. The minimum Gasteiger partial charge on any atom is -0.338 e. The van der Waals surface area contributed by atoms with Crippen molar-refractivity contribution in [1.29, 1.82) is 0 Å². The molecule has 1 aromatic heterocycles. The molecular formula is C20H27N5O. The molecule has 6 nitrogen and oxygen atoms in total. The Morgan fingerprint density at radius 1 is 1.08 bits per heavy atom. The van der Waals surface area contributed by atoms with E-state index >= 15 is 0 Å². The topological polar surface area (TPSA) is 61.4 Å². The molecule has 1 aliphatic heterocycles. The van der Waals surface area contributed by atoms with E-state index in [4.69, 9.17) is 0 Å². The molecule has 138 valence electrons. The molecule has 2 heterocycles. The SMILES string of the molecule is CCN1CCN(c2nc(C)cc(C(=O)Nc3cc(C)ccc3C)n2)CC1. The van der Waals surface area contributed by atoms with Crippen molar-refractivity contribution in [3.05, 3.63) is 46.8 Å². The number of hydrogen-bond acceptors (Lipinski definition) is 5. The van der Waals surface area contributed by atoms with E-state index in [2.05, 4.69) is 32.0 Å². The maximum absolute atomic E-state index is 12.7. The lowest BCUT2D eigenvalue weighted by Gasteiger charge is -2.34. The number of rotatable bonds is 4. The molecule has 1 amide bonds. The van der Waals surface area contributed by atoms with Crippen LogP contribution in [-0.4, -0.2) is 53.5 Å². The number of amides is 1. The van der Waals surface area contributed by atoms with Crippen LogP contribution in [0.1, 0.15) is 34.2 Å². The zero-order valence-electron chi connectivity index (χ0n) is 16.0. The highest BCUT2D eigenvalue weighted by molar-refractivity contribution is 6.03. The summed E-state index contributed by atoms with van der Waals surface area (Å²) in [6, 6.07) is 7.76. The third-order valence-electron chi connectivity index (χ3n) is 4.82. The van der Waals surface area contributed by atoms with Gasteiger partial charge in [0.2, 0.25) is 5.95 Å². The number of anilines is 2. The lowest BCUT2D eigenvalue weighted by atomic mass is 10.1. The van der Waals surface area contributed by atoms with Crippen LogP contribution in [0.2, 0.25) is 0 Å². The highest BCUT2D eigenvalue weighted by atomic mass is 16.1. The summed E-state index contributed by atoms with van der Waals surface area (Å²) in [5.41, 5.74) is 4.18. The fraction of sp³-hybridized carbons (Fsp3) is 0.450. The van der Waals surface area contributed by atoms with Crippen LogP contribution in [0.3, 0.4) is 0 Å². The third-order valence-corrected chi connectivity index (χ3v) is 4.82. The maximum atomic E-state index is 12.7. The molecule has 1 saturated heterocycles. The van der Waals surface area contributed by atoms with E-state index in [0.717, 1.165) is 55.2 Å². The Bertz CT molecular complexity index is 797. The van der Waals surface area contributed by atoms with Gasteiger partial charge in [0.15, 0.2) is 0 Å². The molecule has 0 spiro atoms. The molecule has 26 heavy (non-hydrogen) atoms. The lowest BCUT2D eigenvalue weighted by molar-refractivity contribution is 0.102. The Labute approximate surface area is 155 Å². The van der Waals surface area contributed by atoms with Gasteiger partial charge in [-0.05, 0) is 50.6 Å². The van der Waals surface area contributed by atoms with Crippen LogP contribution in [0.5, 0.6) is 0 Å². The second-order valence-corrected chi connectivity index (χ2v) is 6.89. The van der Waals surface area contributed by atoms with Crippen LogP contribution in [-0.2, 0) is 0 Å². The summed E-state index contributed by atoms with van der Waals surface area (Å²) in [6.45, 7) is 12.9. The molecule has 0 saturated carbocycles. The molecule has 2 aromatic rings. The minimum absolute atomic E-state index is 0.197. The number of piperazine rings is 1. The van der Waals surface area contributed by atoms with Crippen LogP contribution >= 0.6 is 0 Å². The van der Waals surface area contributed by atoms with E-state index in [1.807, 2.05) is 39.0 Å². The zero-order valence-corrected chi connectivity index (χ0v) is 16.0. The zero-order chi connectivity index (χ0) is 18.7. The van der Waals surface area contributed by atoms with Gasteiger partial charge in [-0.1, -0.05) is 19.1 Å². The van der Waals surface area contributed by atoms with Gasteiger partial charge < -0.3 is 15.1 Å². The van der Waals surface area contributed by atoms with E-state index < -0.39 is 0 Å². The predicted octanol–water partition coefficient (Wildman–Crippen LogP) is 2.80. The molecule has 1 aromatic carbocycles. The predicted molar refractivity (Wildman–Crippen MR) is 105 cm³/mol. The average Bonchev–Trinajstić information content (AvgIpc) is 2.64. The summed E-state index contributed by atoms with van der Waals surface area (Å²) in [6.07, 6.45) is 0. The molecule has 1 N–H and O–H groups in total. The molecule has 1 aliphatic rings. The van der Waals surface area contributed by atoms with Gasteiger partial charge in [-0.25, -0.2) is 9.97 Å². The van der Waals surface area contributed by atoms with Crippen molar-refractivity contribution in [3.63, 3.8) is 0 Å². The van der Waals surface area contributed by atoms with E-state index in [-0.39, 0.29) is 5.91 Å². The maximum Gasteiger partial charge on any atom is 0.274 e. The molecule has 0 atom stereocenters. The number of aromatic nitrogens is 2. The summed E-state index contributed by atoms with van der Waals surface area (Å²) in [7, 11) is 0. The molecule has 0 bridgehead atoms. The van der Waals surface area contributed by atoms with Crippen LogP contribution in [0.25, 0.3) is 0 Å². The van der Waals surface area contributed by atoms with E-state index in [0.29, 0.717) is 11.6 Å². The van der Waals surface area contributed by atoms with Gasteiger partial charge in [-0.2, -0.15) is 0 Å². The van der Waals surface area contributed by atoms with E-state index in [1.54, 1.807) is 6.07 Å². The summed E-state index contributed by atoms with van der Waals surface area (Å²) in [5, 5.41) is 2.98. The fourth-order valence-electron chi connectivity index (χ4n) is 3.13. The van der Waals surface area contributed by atoms with Crippen molar-refractivity contribution in [2.75, 3.05) is 42.9 Å². The van der Waals surface area contributed by atoms with Gasteiger partial charge in [0.05, 0.1) is 0 Å². The van der Waals surface area contributed by atoms with Crippen LogP contribution < -0.4 is 10.2 Å². The van der Waals surface area contributed by atoms with Crippen LogP contribution in [0.4, 0.5) is 11.6 Å². The normalized spacial score (nSPS) is 15.2. The lowest BCUT2D eigenvalue weighted by Crippen LogP contribution is -2.47. The monoisotopic (exact) mass is 353 g/mol. The number of nitrogens with one attached hydrogen (secondary N) is 1. The molecule has 1 fully saturated rings. The second kappa shape index (κ2) is 7.83. The van der Waals surface area contributed by atoms with E-state index in [1.165, 1.54) is 0 Å².